The van der Waals surface area contributed by atoms with Gasteiger partial charge in [-0.25, -0.2) is 4.39 Å². The quantitative estimate of drug-likeness (QED) is 0.864. The van der Waals surface area contributed by atoms with Crippen molar-refractivity contribution in [2.24, 2.45) is 5.92 Å². The minimum atomic E-state index is -0.112. The van der Waals surface area contributed by atoms with Gasteiger partial charge in [0.15, 0.2) is 0 Å². The van der Waals surface area contributed by atoms with Crippen molar-refractivity contribution >= 4 is 0 Å². The van der Waals surface area contributed by atoms with E-state index in [2.05, 4.69) is 17.1 Å². The van der Waals surface area contributed by atoms with Crippen molar-refractivity contribution in [2.45, 2.75) is 26.3 Å². The molecule has 1 fully saturated rings. The van der Waals surface area contributed by atoms with E-state index in [1.807, 2.05) is 19.1 Å². The summed E-state index contributed by atoms with van der Waals surface area (Å²) in [7, 11) is 0. The van der Waals surface area contributed by atoms with Crippen LogP contribution in [0.2, 0.25) is 0 Å². The number of benzene rings is 1. The fourth-order valence-corrected chi connectivity index (χ4v) is 2.65. The Hall–Kier alpha value is -0.930. The Labute approximate surface area is 109 Å². The normalized spacial score (nSPS) is 22.3. The first-order chi connectivity index (χ1) is 8.70. The van der Waals surface area contributed by atoms with Gasteiger partial charge < -0.3 is 10.2 Å². The van der Waals surface area contributed by atoms with Crippen LogP contribution in [0.25, 0.3) is 0 Å². The predicted octanol–water partition coefficient (Wildman–Crippen LogP) is 2.82. The number of hydrogen-bond donors (Lipinski definition) is 1. The number of nitrogens with zero attached hydrogens (tertiary/aromatic N) is 1. The van der Waals surface area contributed by atoms with Crippen LogP contribution in [0.4, 0.5) is 4.39 Å². The Morgan fingerprint density at radius 2 is 2.22 bits per heavy atom. The Kier molecular flexibility index (Phi) is 4.72. The van der Waals surface area contributed by atoms with E-state index in [1.165, 1.54) is 25.6 Å². The molecular formula is C15H23FN2. The molecule has 0 radical (unpaired) electrons. The van der Waals surface area contributed by atoms with Gasteiger partial charge in [-0.05, 0) is 45.0 Å². The van der Waals surface area contributed by atoms with Crippen molar-refractivity contribution in [1.29, 1.82) is 0 Å². The van der Waals surface area contributed by atoms with Crippen LogP contribution in [0.15, 0.2) is 24.3 Å². The molecule has 0 amide bonds. The van der Waals surface area contributed by atoms with Gasteiger partial charge in [0.05, 0.1) is 0 Å². The Bertz CT molecular complexity index is 381. The van der Waals surface area contributed by atoms with Crippen LogP contribution in [0, 0.1) is 11.7 Å². The topological polar surface area (TPSA) is 15.3 Å². The maximum Gasteiger partial charge on any atom is 0.127 e. The lowest BCUT2D eigenvalue weighted by Gasteiger charge is -2.18. The molecule has 0 spiro atoms. The summed E-state index contributed by atoms with van der Waals surface area (Å²) in [5, 5.41) is 3.46. The second kappa shape index (κ2) is 6.30. The van der Waals surface area contributed by atoms with Gasteiger partial charge in [-0.1, -0.05) is 25.1 Å². The summed E-state index contributed by atoms with van der Waals surface area (Å²) < 4.78 is 13.6. The van der Waals surface area contributed by atoms with Gasteiger partial charge in [0.1, 0.15) is 5.82 Å². The Morgan fingerprint density at radius 3 is 2.89 bits per heavy atom. The lowest BCUT2D eigenvalue weighted by molar-refractivity contribution is 0.335. The van der Waals surface area contributed by atoms with E-state index in [-0.39, 0.29) is 11.9 Å². The monoisotopic (exact) mass is 250 g/mol. The van der Waals surface area contributed by atoms with E-state index in [0.717, 1.165) is 18.7 Å². The van der Waals surface area contributed by atoms with Crippen molar-refractivity contribution in [3.63, 3.8) is 0 Å². The molecule has 1 heterocycles. The second-order valence-electron chi connectivity index (χ2n) is 5.20. The second-order valence-corrected chi connectivity index (χ2v) is 5.20. The summed E-state index contributed by atoms with van der Waals surface area (Å²) in [4.78, 5) is 2.47. The van der Waals surface area contributed by atoms with Gasteiger partial charge in [-0.2, -0.15) is 0 Å². The molecule has 1 aliphatic heterocycles. The van der Waals surface area contributed by atoms with E-state index >= 15 is 0 Å². The summed E-state index contributed by atoms with van der Waals surface area (Å²) in [5.74, 6) is 0.596. The minimum absolute atomic E-state index is 0.0851. The molecule has 0 aromatic heterocycles. The first kappa shape index (κ1) is 13.5. The van der Waals surface area contributed by atoms with Gasteiger partial charge in [-0.3, -0.25) is 0 Å². The molecule has 2 rings (SSSR count). The van der Waals surface area contributed by atoms with Crippen molar-refractivity contribution < 1.29 is 4.39 Å². The number of likely N-dealkylation sites (tertiary alicyclic amines) is 1. The van der Waals surface area contributed by atoms with Crippen LogP contribution in [-0.4, -0.2) is 31.1 Å². The standard InChI is InChI=1S/C15H23FN2/c1-3-18-9-8-13(11-18)10-17-12(2)14-6-4-5-7-15(14)16/h4-7,12-13,17H,3,8-11H2,1-2H3. The third-order valence-corrected chi connectivity index (χ3v) is 3.90. The van der Waals surface area contributed by atoms with Crippen LogP contribution in [0.5, 0.6) is 0 Å². The molecule has 3 heteroatoms. The molecule has 18 heavy (non-hydrogen) atoms. The summed E-state index contributed by atoms with van der Waals surface area (Å²) in [5.41, 5.74) is 0.767. The fraction of sp³-hybridized carbons (Fsp3) is 0.600. The largest absolute Gasteiger partial charge is 0.310 e. The van der Waals surface area contributed by atoms with Crippen LogP contribution < -0.4 is 5.32 Å². The number of hydrogen-bond acceptors (Lipinski definition) is 2. The fourth-order valence-electron chi connectivity index (χ4n) is 2.65. The number of nitrogens with one attached hydrogen (secondary N) is 1. The predicted molar refractivity (Wildman–Crippen MR) is 73.0 cm³/mol. The highest BCUT2D eigenvalue weighted by atomic mass is 19.1. The molecule has 2 atom stereocenters. The van der Waals surface area contributed by atoms with Gasteiger partial charge in [-0.15, -0.1) is 0 Å². The van der Waals surface area contributed by atoms with E-state index in [4.69, 9.17) is 0 Å². The van der Waals surface area contributed by atoms with Gasteiger partial charge in [0, 0.05) is 18.2 Å². The van der Waals surface area contributed by atoms with Crippen molar-refractivity contribution in [2.75, 3.05) is 26.2 Å². The lowest BCUT2D eigenvalue weighted by Crippen LogP contribution is -2.28. The van der Waals surface area contributed by atoms with E-state index < -0.39 is 0 Å². The zero-order valence-corrected chi connectivity index (χ0v) is 11.3. The molecule has 2 unspecified atom stereocenters. The van der Waals surface area contributed by atoms with Gasteiger partial charge >= 0.3 is 0 Å². The zero-order chi connectivity index (χ0) is 13.0. The van der Waals surface area contributed by atoms with Crippen LogP contribution in [-0.2, 0) is 0 Å². The van der Waals surface area contributed by atoms with Crippen molar-refractivity contribution in [1.82, 2.24) is 10.2 Å². The number of rotatable bonds is 5. The molecular weight excluding hydrogens is 227 g/mol. The third-order valence-electron chi connectivity index (χ3n) is 3.90. The Morgan fingerprint density at radius 1 is 1.44 bits per heavy atom. The minimum Gasteiger partial charge on any atom is -0.310 e. The third kappa shape index (κ3) is 3.30. The van der Waals surface area contributed by atoms with Crippen molar-refractivity contribution in [3.8, 4) is 0 Å². The number of halogens is 1. The summed E-state index contributed by atoms with van der Waals surface area (Å²) in [6.07, 6.45) is 1.25. The smallest absolute Gasteiger partial charge is 0.127 e. The van der Waals surface area contributed by atoms with E-state index in [9.17, 15) is 4.39 Å². The highest BCUT2D eigenvalue weighted by Crippen LogP contribution is 2.19. The molecule has 100 valence electrons. The molecule has 1 aliphatic rings. The Balaban J connectivity index is 1.82. The summed E-state index contributed by atoms with van der Waals surface area (Å²) in [6, 6.07) is 7.11. The molecule has 1 N–H and O–H groups in total. The van der Waals surface area contributed by atoms with Gasteiger partial charge in [0.2, 0.25) is 0 Å². The molecule has 0 bridgehead atoms. The summed E-state index contributed by atoms with van der Waals surface area (Å²) in [6.45, 7) is 8.73. The first-order valence-electron chi connectivity index (χ1n) is 6.91. The van der Waals surface area contributed by atoms with E-state index in [1.54, 1.807) is 6.07 Å². The van der Waals surface area contributed by atoms with Crippen LogP contribution in [0.3, 0.4) is 0 Å². The van der Waals surface area contributed by atoms with Gasteiger partial charge in [0.25, 0.3) is 0 Å². The highest BCUT2D eigenvalue weighted by Gasteiger charge is 2.21. The molecule has 0 saturated carbocycles. The molecule has 2 nitrogen and oxygen atoms in total. The van der Waals surface area contributed by atoms with E-state index in [0.29, 0.717) is 5.92 Å². The maximum absolute atomic E-state index is 13.6. The van der Waals surface area contributed by atoms with Crippen LogP contribution in [0.1, 0.15) is 31.9 Å². The highest BCUT2D eigenvalue weighted by molar-refractivity contribution is 5.20. The molecule has 1 aromatic carbocycles. The SMILES string of the molecule is CCN1CCC(CNC(C)c2ccccc2F)C1. The zero-order valence-electron chi connectivity index (χ0n) is 11.3. The lowest BCUT2D eigenvalue weighted by atomic mass is 10.1. The average Bonchev–Trinajstić information content (AvgIpc) is 2.84. The van der Waals surface area contributed by atoms with Crippen molar-refractivity contribution in [3.05, 3.63) is 35.6 Å². The van der Waals surface area contributed by atoms with Crippen LogP contribution >= 0.6 is 0 Å². The summed E-state index contributed by atoms with van der Waals surface area (Å²) >= 11 is 0. The molecule has 1 saturated heterocycles. The molecule has 0 aliphatic carbocycles. The maximum atomic E-state index is 13.6. The first-order valence-corrected chi connectivity index (χ1v) is 6.91. The molecule has 1 aromatic rings. The average molecular weight is 250 g/mol.